The van der Waals surface area contributed by atoms with E-state index < -0.39 is 0 Å². The van der Waals surface area contributed by atoms with Gasteiger partial charge in [-0.2, -0.15) is 0 Å². The Bertz CT molecular complexity index is 648. The molecule has 2 aromatic rings. The lowest BCUT2D eigenvalue weighted by Gasteiger charge is -2.10. The SMILES string of the molecule is CC(C)Cc1[nH]c(Cc2ccc(Br)cc2)nc(=S)c1Br. The Kier molecular flexibility index (Phi) is 5.52. The second kappa shape index (κ2) is 6.96. The van der Waals surface area contributed by atoms with E-state index in [0.29, 0.717) is 10.6 Å². The van der Waals surface area contributed by atoms with Gasteiger partial charge in [-0.1, -0.05) is 54.1 Å². The minimum absolute atomic E-state index is 0.569. The summed E-state index contributed by atoms with van der Waals surface area (Å²) in [7, 11) is 0. The highest BCUT2D eigenvalue weighted by molar-refractivity contribution is 9.10. The van der Waals surface area contributed by atoms with Crippen molar-refractivity contribution in [3.63, 3.8) is 0 Å². The maximum Gasteiger partial charge on any atom is 0.144 e. The molecule has 0 saturated heterocycles. The van der Waals surface area contributed by atoms with Crippen molar-refractivity contribution in [2.75, 3.05) is 0 Å². The number of nitrogens with zero attached hydrogens (tertiary/aromatic N) is 1. The summed E-state index contributed by atoms with van der Waals surface area (Å²) < 4.78 is 2.63. The van der Waals surface area contributed by atoms with Crippen molar-refractivity contribution >= 4 is 44.1 Å². The van der Waals surface area contributed by atoms with Crippen LogP contribution in [0, 0.1) is 10.6 Å². The van der Waals surface area contributed by atoms with Crippen LogP contribution in [0.5, 0.6) is 0 Å². The summed E-state index contributed by atoms with van der Waals surface area (Å²) in [6, 6.07) is 8.26. The molecule has 0 spiro atoms. The van der Waals surface area contributed by atoms with Crippen LogP contribution in [0.4, 0.5) is 0 Å². The molecule has 0 aliphatic heterocycles. The number of aromatic nitrogens is 2. The highest BCUT2D eigenvalue weighted by Crippen LogP contribution is 2.20. The molecule has 106 valence electrons. The quantitative estimate of drug-likeness (QED) is 0.672. The van der Waals surface area contributed by atoms with Gasteiger partial charge in [0.1, 0.15) is 10.5 Å². The molecule has 0 saturated carbocycles. The number of H-pyrrole nitrogens is 1. The Balaban J connectivity index is 2.30. The molecular weight excluding hydrogens is 400 g/mol. The van der Waals surface area contributed by atoms with Gasteiger partial charge in [0.05, 0.1) is 4.47 Å². The zero-order valence-electron chi connectivity index (χ0n) is 11.4. The van der Waals surface area contributed by atoms with E-state index in [-0.39, 0.29) is 0 Å². The van der Waals surface area contributed by atoms with E-state index in [0.717, 1.165) is 33.3 Å². The highest BCUT2D eigenvalue weighted by atomic mass is 79.9. The number of benzene rings is 1. The lowest BCUT2D eigenvalue weighted by Crippen LogP contribution is -2.05. The maximum absolute atomic E-state index is 5.33. The fourth-order valence-electron chi connectivity index (χ4n) is 1.99. The molecule has 0 aliphatic carbocycles. The van der Waals surface area contributed by atoms with Crippen LogP contribution in [0.15, 0.2) is 33.2 Å². The zero-order valence-corrected chi connectivity index (χ0v) is 15.4. The minimum atomic E-state index is 0.569. The van der Waals surface area contributed by atoms with Gasteiger partial charge in [0.15, 0.2) is 0 Å². The first-order chi connectivity index (χ1) is 9.45. The van der Waals surface area contributed by atoms with Crippen molar-refractivity contribution in [2.24, 2.45) is 5.92 Å². The van der Waals surface area contributed by atoms with Gasteiger partial charge in [-0.3, -0.25) is 0 Å². The van der Waals surface area contributed by atoms with Crippen molar-refractivity contribution in [2.45, 2.75) is 26.7 Å². The molecule has 0 atom stereocenters. The number of rotatable bonds is 4. The standard InChI is InChI=1S/C15H16Br2N2S/c1-9(2)7-12-14(17)15(20)19-13(18-12)8-10-3-5-11(16)6-4-10/h3-6,9H,7-8H2,1-2H3,(H,18,19,20). The molecule has 20 heavy (non-hydrogen) atoms. The van der Waals surface area contributed by atoms with Gasteiger partial charge in [-0.05, 0) is 46.0 Å². The van der Waals surface area contributed by atoms with E-state index in [1.165, 1.54) is 5.56 Å². The molecule has 0 amide bonds. The predicted octanol–water partition coefficient (Wildman–Crippen LogP) is 5.45. The summed E-state index contributed by atoms with van der Waals surface area (Å²) in [4.78, 5) is 7.87. The molecule has 1 heterocycles. The molecule has 1 aromatic carbocycles. The number of nitrogens with one attached hydrogen (secondary N) is 1. The van der Waals surface area contributed by atoms with E-state index in [9.17, 15) is 0 Å². The molecule has 0 bridgehead atoms. The summed E-state index contributed by atoms with van der Waals surface area (Å²) >= 11 is 12.3. The molecule has 5 heteroatoms. The van der Waals surface area contributed by atoms with Crippen LogP contribution < -0.4 is 0 Å². The van der Waals surface area contributed by atoms with Crippen LogP contribution in [0.1, 0.15) is 30.9 Å². The normalized spacial score (nSPS) is 11.1. The van der Waals surface area contributed by atoms with Crippen LogP contribution in [-0.2, 0) is 12.8 Å². The zero-order chi connectivity index (χ0) is 14.7. The number of halogens is 2. The summed E-state index contributed by atoms with van der Waals surface area (Å²) in [5.74, 6) is 1.48. The van der Waals surface area contributed by atoms with Gasteiger partial charge < -0.3 is 4.98 Å². The predicted molar refractivity (Wildman–Crippen MR) is 92.6 cm³/mol. The highest BCUT2D eigenvalue weighted by Gasteiger charge is 2.09. The monoisotopic (exact) mass is 414 g/mol. The maximum atomic E-state index is 5.33. The Morgan fingerprint density at radius 2 is 1.85 bits per heavy atom. The Labute approximate surface area is 141 Å². The minimum Gasteiger partial charge on any atom is -0.346 e. The average molecular weight is 416 g/mol. The second-order valence-electron chi connectivity index (χ2n) is 5.18. The largest absolute Gasteiger partial charge is 0.346 e. The molecule has 2 rings (SSSR count). The molecule has 1 aromatic heterocycles. The fraction of sp³-hybridized carbons (Fsp3) is 0.333. The summed E-state index contributed by atoms with van der Waals surface area (Å²) in [6.45, 7) is 4.39. The van der Waals surface area contributed by atoms with E-state index >= 15 is 0 Å². The van der Waals surface area contributed by atoms with Crippen LogP contribution >= 0.6 is 44.1 Å². The lowest BCUT2D eigenvalue weighted by atomic mass is 10.1. The molecule has 0 unspecified atom stereocenters. The summed E-state index contributed by atoms with van der Waals surface area (Å²) in [5.41, 5.74) is 2.34. The van der Waals surface area contributed by atoms with E-state index in [4.69, 9.17) is 12.2 Å². The van der Waals surface area contributed by atoms with Crippen LogP contribution in [0.2, 0.25) is 0 Å². The topological polar surface area (TPSA) is 28.7 Å². The number of aromatic amines is 1. The third-order valence-electron chi connectivity index (χ3n) is 2.88. The van der Waals surface area contributed by atoms with Crippen molar-refractivity contribution in [3.05, 3.63) is 54.9 Å². The van der Waals surface area contributed by atoms with E-state index in [1.807, 2.05) is 12.1 Å². The number of hydrogen-bond donors (Lipinski definition) is 1. The van der Waals surface area contributed by atoms with Crippen molar-refractivity contribution in [3.8, 4) is 0 Å². The van der Waals surface area contributed by atoms with Gasteiger partial charge in [-0.25, -0.2) is 4.98 Å². The Morgan fingerprint density at radius 3 is 2.45 bits per heavy atom. The first-order valence-electron chi connectivity index (χ1n) is 6.47. The summed E-state index contributed by atoms with van der Waals surface area (Å²) in [6.07, 6.45) is 1.72. The Morgan fingerprint density at radius 1 is 1.20 bits per heavy atom. The molecule has 0 aliphatic rings. The van der Waals surface area contributed by atoms with Gasteiger partial charge in [0, 0.05) is 16.6 Å². The third kappa shape index (κ3) is 4.24. The van der Waals surface area contributed by atoms with Crippen LogP contribution in [0.3, 0.4) is 0 Å². The first kappa shape index (κ1) is 15.9. The van der Waals surface area contributed by atoms with Gasteiger partial charge in [0.25, 0.3) is 0 Å². The average Bonchev–Trinajstić information content (AvgIpc) is 2.37. The van der Waals surface area contributed by atoms with Crippen molar-refractivity contribution < 1.29 is 0 Å². The lowest BCUT2D eigenvalue weighted by molar-refractivity contribution is 0.628. The van der Waals surface area contributed by atoms with Crippen molar-refractivity contribution in [1.82, 2.24) is 9.97 Å². The van der Waals surface area contributed by atoms with Crippen molar-refractivity contribution in [1.29, 1.82) is 0 Å². The van der Waals surface area contributed by atoms with Gasteiger partial charge in [0.2, 0.25) is 0 Å². The number of hydrogen-bond acceptors (Lipinski definition) is 2. The summed E-state index contributed by atoms with van der Waals surface area (Å²) in [5, 5.41) is 0. The molecular formula is C15H16Br2N2S. The third-order valence-corrected chi connectivity index (χ3v) is 4.82. The van der Waals surface area contributed by atoms with Gasteiger partial charge in [-0.15, -0.1) is 0 Å². The second-order valence-corrected chi connectivity index (χ2v) is 7.28. The molecule has 1 N–H and O–H groups in total. The smallest absolute Gasteiger partial charge is 0.144 e. The molecule has 0 radical (unpaired) electrons. The fourth-order valence-corrected chi connectivity index (χ4v) is 2.83. The first-order valence-corrected chi connectivity index (χ1v) is 8.47. The van der Waals surface area contributed by atoms with Crippen LogP contribution in [-0.4, -0.2) is 9.97 Å². The Hall–Kier alpha value is -0.520. The molecule has 2 nitrogen and oxygen atoms in total. The van der Waals surface area contributed by atoms with E-state index in [2.05, 4.69) is 67.8 Å². The van der Waals surface area contributed by atoms with E-state index in [1.54, 1.807) is 0 Å². The molecule has 0 fully saturated rings. The van der Waals surface area contributed by atoms with Gasteiger partial charge >= 0.3 is 0 Å². The van der Waals surface area contributed by atoms with Crippen LogP contribution in [0.25, 0.3) is 0 Å².